The molecule has 3 heteroatoms. The lowest BCUT2D eigenvalue weighted by Gasteiger charge is -2.27. The van der Waals surface area contributed by atoms with Gasteiger partial charge in [-0.25, -0.2) is 0 Å². The summed E-state index contributed by atoms with van der Waals surface area (Å²) in [6.45, 7) is 4.22. The van der Waals surface area contributed by atoms with Crippen LogP contribution in [0.25, 0.3) is 0 Å². The Bertz CT molecular complexity index is 607. The molecule has 2 atom stereocenters. The molecule has 128 valence electrons. The van der Waals surface area contributed by atoms with Crippen LogP contribution in [0.15, 0.2) is 60.7 Å². The number of aliphatic hydroxyl groups is 1. The predicted molar refractivity (Wildman–Crippen MR) is 96.0 cm³/mol. The van der Waals surface area contributed by atoms with E-state index < -0.39 is 0 Å². The van der Waals surface area contributed by atoms with E-state index in [1.807, 2.05) is 60.7 Å². The van der Waals surface area contributed by atoms with Gasteiger partial charge in [0.25, 0.3) is 0 Å². The number of benzene rings is 2. The summed E-state index contributed by atoms with van der Waals surface area (Å²) >= 11 is 0. The van der Waals surface area contributed by atoms with Gasteiger partial charge in [0.05, 0.1) is 12.2 Å². The van der Waals surface area contributed by atoms with Gasteiger partial charge in [-0.15, -0.1) is 0 Å². The SMILES string of the molecule is CC(C)[C@H](CCO)O[C@@H](CC(=O)c1ccccc1)c1ccccc1. The van der Waals surface area contributed by atoms with Crippen molar-refractivity contribution in [1.82, 2.24) is 0 Å². The first-order valence-corrected chi connectivity index (χ1v) is 8.51. The fraction of sp³-hybridized carbons (Fsp3) is 0.381. The summed E-state index contributed by atoms with van der Waals surface area (Å²) in [5, 5.41) is 9.28. The normalized spacial score (nSPS) is 13.7. The number of rotatable bonds is 9. The molecule has 3 nitrogen and oxygen atoms in total. The highest BCUT2D eigenvalue weighted by molar-refractivity contribution is 5.96. The Hall–Kier alpha value is -1.97. The number of carbonyl (C=O) groups is 1. The van der Waals surface area contributed by atoms with Gasteiger partial charge in [-0.05, 0) is 17.9 Å². The Morgan fingerprint density at radius 2 is 1.58 bits per heavy atom. The van der Waals surface area contributed by atoms with E-state index in [0.717, 1.165) is 5.56 Å². The van der Waals surface area contributed by atoms with E-state index in [0.29, 0.717) is 18.4 Å². The summed E-state index contributed by atoms with van der Waals surface area (Å²) in [5.74, 6) is 0.339. The maximum absolute atomic E-state index is 12.6. The molecule has 0 saturated heterocycles. The number of hydrogen-bond donors (Lipinski definition) is 1. The minimum Gasteiger partial charge on any atom is -0.396 e. The van der Waals surface area contributed by atoms with Gasteiger partial charge >= 0.3 is 0 Å². The van der Waals surface area contributed by atoms with Crippen LogP contribution in [0, 0.1) is 5.92 Å². The molecule has 0 amide bonds. The maximum Gasteiger partial charge on any atom is 0.165 e. The van der Waals surface area contributed by atoms with Crippen LogP contribution in [-0.2, 0) is 4.74 Å². The number of Topliss-reactive ketones (excluding diaryl/α,β-unsaturated/α-hetero) is 1. The van der Waals surface area contributed by atoms with E-state index in [4.69, 9.17) is 4.74 Å². The smallest absolute Gasteiger partial charge is 0.165 e. The largest absolute Gasteiger partial charge is 0.396 e. The molecule has 0 aliphatic heterocycles. The van der Waals surface area contributed by atoms with Crippen molar-refractivity contribution in [3.63, 3.8) is 0 Å². The van der Waals surface area contributed by atoms with Crippen LogP contribution in [-0.4, -0.2) is 23.6 Å². The molecule has 2 aromatic rings. The average molecular weight is 326 g/mol. The summed E-state index contributed by atoms with van der Waals surface area (Å²) in [5.41, 5.74) is 1.69. The summed E-state index contributed by atoms with van der Waals surface area (Å²) in [4.78, 5) is 12.6. The van der Waals surface area contributed by atoms with Crippen LogP contribution < -0.4 is 0 Å². The highest BCUT2D eigenvalue weighted by atomic mass is 16.5. The first kappa shape index (κ1) is 18.4. The first-order chi connectivity index (χ1) is 11.6. The number of aliphatic hydroxyl groups excluding tert-OH is 1. The zero-order valence-corrected chi connectivity index (χ0v) is 14.4. The van der Waals surface area contributed by atoms with Crippen molar-refractivity contribution in [2.45, 2.75) is 38.9 Å². The third kappa shape index (κ3) is 5.29. The second-order valence-electron chi connectivity index (χ2n) is 6.32. The molecule has 0 unspecified atom stereocenters. The number of carbonyl (C=O) groups excluding carboxylic acids is 1. The molecular weight excluding hydrogens is 300 g/mol. The van der Waals surface area contributed by atoms with E-state index in [1.54, 1.807) is 0 Å². The van der Waals surface area contributed by atoms with Crippen molar-refractivity contribution in [3.8, 4) is 0 Å². The van der Waals surface area contributed by atoms with E-state index in [9.17, 15) is 9.90 Å². The van der Waals surface area contributed by atoms with Gasteiger partial charge in [-0.3, -0.25) is 4.79 Å². The fourth-order valence-electron chi connectivity index (χ4n) is 2.72. The minimum absolute atomic E-state index is 0.0657. The number of ether oxygens (including phenoxy) is 1. The number of hydrogen-bond acceptors (Lipinski definition) is 3. The van der Waals surface area contributed by atoms with Crippen LogP contribution in [0.1, 0.15) is 48.7 Å². The summed E-state index contributed by atoms with van der Waals surface area (Å²) < 4.78 is 6.25. The highest BCUT2D eigenvalue weighted by Crippen LogP contribution is 2.27. The summed E-state index contributed by atoms with van der Waals surface area (Å²) in [6, 6.07) is 19.1. The van der Waals surface area contributed by atoms with E-state index in [1.165, 1.54) is 0 Å². The van der Waals surface area contributed by atoms with E-state index >= 15 is 0 Å². The van der Waals surface area contributed by atoms with Crippen molar-refractivity contribution in [1.29, 1.82) is 0 Å². The van der Waals surface area contributed by atoms with Gasteiger partial charge in [-0.2, -0.15) is 0 Å². The molecule has 24 heavy (non-hydrogen) atoms. The van der Waals surface area contributed by atoms with Crippen molar-refractivity contribution in [2.75, 3.05) is 6.61 Å². The Kier molecular flexibility index (Phi) is 7.16. The summed E-state index contributed by atoms with van der Waals surface area (Å²) in [6.07, 6.45) is 0.477. The second kappa shape index (κ2) is 9.36. The molecule has 0 aromatic heterocycles. The van der Waals surface area contributed by atoms with E-state index in [2.05, 4.69) is 13.8 Å². The molecule has 2 aromatic carbocycles. The van der Waals surface area contributed by atoms with E-state index in [-0.39, 0.29) is 30.5 Å². The predicted octanol–water partition coefficient (Wildman–Crippen LogP) is 4.42. The molecule has 0 aliphatic carbocycles. The zero-order chi connectivity index (χ0) is 17.4. The van der Waals surface area contributed by atoms with Crippen molar-refractivity contribution in [2.24, 2.45) is 5.92 Å². The standard InChI is InChI=1S/C21H26O3/c1-16(2)20(13-14-22)24-21(18-11-7-4-8-12-18)15-19(23)17-9-5-3-6-10-17/h3-12,16,20-22H,13-15H2,1-2H3/t20-,21-/m0/s1. The molecule has 1 N–H and O–H groups in total. The molecule has 0 heterocycles. The summed E-state index contributed by atoms with van der Waals surface area (Å²) in [7, 11) is 0. The van der Waals surface area contributed by atoms with Crippen LogP contribution in [0.4, 0.5) is 0 Å². The number of ketones is 1. The Labute approximate surface area is 144 Å². The monoisotopic (exact) mass is 326 g/mol. The van der Waals surface area contributed by atoms with Gasteiger partial charge in [0, 0.05) is 18.6 Å². The van der Waals surface area contributed by atoms with Crippen molar-refractivity contribution < 1.29 is 14.6 Å². The molecule has 0 aliphatic rings. The molecule has 0 saturated carbocycles. The Morgan fingerprint density at radius 1 is 1.00 bits per heavy atom. The van der Waals surface area contributed by atoms with Crippen LogP contribution in [0.5, 0.6) is 0 Å². The van der Waals surface area contributed by atoms with Crippen LogP contribution >= 0.6 is 0 Å². The first-order valence-electron chi connectivity index (χ1n) is 8.51. The quantitative estimate of drug-likeness (QED) is 0.694. The van der Waals surface area contributed by atoms with Crippen LogP contribution in [0.2, 0.25) is 0 Å². The molecular formula is C21H26O3. The third-order valence-corrected chi connectivity index (χ3v) is 4.13. The third-order valence-electron chi connectivity index (χ3n) is 4.13. The van der Waals surface area contributed by atoms with Crippen molar-refractivity contribution >= 4 is 5.78 Å². The Morgan fingerprint density at radius 3 is 2.12 bits per heavy atom. The molecule has 0 radical (unpaired) electrons. The zero-order valence-electron chi connectivity index (χ0n) is 14.4. The van der Waals surface area contributed by atoms with Gasteiger partial charge in [-0.1, -0.05) is 74.5 Å². The molecule has 0 bridgehead atoms. The van der Waals surface area contributed by atoms with Gasteiger partial charge in [0.15, 0.2) is 5.78 Å². The average Bonchev–Trinajstić information content (AvgIpc) is 2.61. The van der Waals surface area contributed by atoms with Gasteiger partial charge < -0.3 is 9.84 Å². The van der Waals surface area contributed by atoms with Crippen LogP contribution in [0.3, 0.4) is 0 Å². The lowest BCUT2D eigenvalue weighted by Crippen LogP contribution is -2.25. The topological polar surface area (TPSA) is 46.5 Å². The molecule has 0 fully saturated rings. The fourth-order valence-corrected chi connectivity index (χ4v) is 2.72. The molecule has 0 spiro atoms. The Balaban J connectivity index is 2.18. The van der Waals surface area contributed by atoms with Crippen molar-refractivity contribution in [3.05, 3.63) is 71.8 Å². The highest BCUT2D eigenvalue weighted by Gasteiger charge is 2.23. The van der Waals surface area contributed by atoms with Gasteiger partial charge in [0.1, 0.15) is 0 Å². The maximum atomic E-state index is 12.6. The van der Waals surface area contributed by atoms with Gasteiger partial charge in [0.2, 0.25) is 0 Å². The molecule has 2 rings (SSSR count). The lowest BCUT2D eigenvalue weighted by atomic mass is 9.98. The lowest BCUT2D eigenvalue weighted by molar-refractivity contribution is -0.0478. The second-order valence-corrected chi connectivity index (χ2v) is 6.32. The minimum atomic E-state index is -0.308.